The van der Waals surface area contributed by atoms with Gasteiger partial charge >= 0.3 is 0 Å². The summed E-state index contributed by atoms with van der Waals surface area (Å²) in [4.78, 5) is 14.4. The number of benzene rings is 2. The van der Waals surface area contributed by atoms with E-state index in [9.17, 15) is 4.79 Å². The van der Waals surface area contributed by atoms with Crippen LogP contribution in [0.25, 0.3) is 0 Å². The van der Waals surface area contributed by atoms with E-state index in [0.29, 0.717) is 12.5 Å². The quantitative estimate of drug-likeness (QED) is 0.867. The second-order valence-electron chi connectivity index (χ2n) is 6.40. The zero-order valence-electron chi connectivity index (χ0n) is 14.5. The van der Waals surface area contributed by atoms with Crippen molar-refractivity contribution in [2.75, 3.05) is 18.9 Å². The lowest BCUT2D eigenvalue weighted by Gasteiger charge is -2.19. The standard InChI is InChI=1S/C20H26N2O/c1-15(2)18-12-8-9-16(3)20(18)21-19(23)14-22(4)13-17-10-6-5-7-11-17/h5-12,15H,13-14H2,1-4H3,(H,21,23). The predicted molar refractivity (Wildman–Crippen MR) is 96.7 cm³/mol. The summed E-state index contributed by atoms with van der Waals surface area (Å²) < 4.78 is 0. The molecule has 122 valence electrons. The number of rotatable bonds is 6. The number of likely N-dealkylation sites (N-methyl/N-ethyl adjacent to an activating group) is 1. The molecular weight excluding hydrogens is 284 g/mol. The van der Waals surface area contributed by atoms with Crippen molar-refractivity contribution in [3.05, 3.63) is 65.2 Å². The first-order valence-electron chi connectivity index (χ1n) is 8.09. The maximum Gasteiger partial charge on any atom is 0.238 e. The van der Waals surface area contributed by atoms with Gasteiger partial charge in [-0.2, -0.15) is 0 Å². The molecule has 0 bridgehead atoms. The van der Waals surface area contributed by atoms with Crippen LogP contribution in [-0.2, 0) is 11.3 Å². The molecule has 2 aromatic carbocycles. The number of aryl methyl sites for hydroxylation is 1. The highest BCUT2D eigenvalue weighted by Crippen LogP contribution is 2.27. The van der Waals surface area contributed by atoms with E-state index < -0.39 is 0 Å². The molecule has 0 aliphatic carbocycles. The number of hydrogen-bond acceptors (Lipinski definition) is 2. The van der Waals surface area contributed by atoms with Gasteiger partial charge in [-0.15, -0.1) is 0 Å². The fourth-order valence-electron chi connectivity index (χ4n) is 2.72. The second kappa shape index (κ2) is 7.93. The molecule has 0 radical (unpaired) electrons. The van der Waals surface area contributed by atoms with E-state index in [1.165, 1.54) is 11.1 Å². The second-order valence-corrected chi connectivity index (χ2v) is 6.40. The van der Waals surface area contributed by atoms with Crippen LogP contribution >= 0.6 is 0 Å². The minimum atomic E-state index is 0.0274. The molecule has 2 aromatic rings. The molecular formula is C20H26N2O. The molecule has 0 saturated heterocycles. The molecule has 0 unspecified atom stereocenters. The first-order chi connectivity index (χ1) is 11.0. The highest BCUT2D eigenvalue weighted by atomic mass is 16.2. The van der Waals surface area contributed by atoms with Crippen LogP contribution in [0.1, 0.15) is 36.5 Å². The summed E-state index contributed by atoms with van der Waals surface area (Å²) in [5.74, 6) is 0.409. The van der Waals surface area contributed by atoms with Crippen molar-refractivity contribution in [1.82, 2.24) is 4.90 Å². The van der Waals surface area contributed by atoms with E-state index in [1.807, 2.05) is 49.2 Å². The average Bonchev–Trinajstić information content (AvgIpc) is 2.49. The van der Waals surface area contributed by atoms with Gasteiger partial charge in [-0.25, -0.2) is 0 Å². The number of hydrogen-bond donors (Lipinski definition) is 1. The molecule has 3 nitrogen and oxygen atoms in total. The zero-order chi connectivity index (χ0) is 16.8. The van der Waals surface area contributed by atoms with Crippen molar-refractivity contribution < 1.29 is 4.79 Å². The third-order valence-corrected chi connectivity index (χ3v) is 3.90. The molecule has 0 saturated carbocycles. The van der Waals surface area contributed by atoms with E-state index in [-0.39, 0.29) is 5.91 Å². The van der Waals surface area contributed by atoms with E-state index in [1.54, 1.807) is 0 Å². The Labute approximate surface area is 139 Å². The number of anilines is 1. The monoisotopic (exact) mass is 310 g/mol. The minimum absolute atomic E-state index is 0.0274. The molecule has 1 amide bonds. The first kappa shape index (κ1) is 17.2. The van der Waals surface area contributed by atoms with Crippen LogP contribution < -0.4 is 5.32 Å². The summed E-state index contributed by atoms with van der Waals surface area (Å²) in [5, 5.41) is 3.10. The number of amides is 1. The number of carbonyl (C=O) groups is 1. The van der Waals surface area contributed by atoms with Gasteiger partial charge in [-0.05, 0) is 36.6 Å². The molecule has 1 N–H and O–H groups in total. The van der Waals surface area contributed by atoms with Crippen LogP contribution in [0, 0.1) is 6.92 Å². The average molecular weight is 310 g/mol. The van der Waals surface area contributed by atoms with Crippen molar-refractivity contribution in [3.63, 3.8) is 0 Å². The maximum atomic E-state index is 12.4. The molecule has 2 rings (SSSR count). The summed E-state index contributed by atoms with van der Waals surface area (Å²) in [7, 11) is 1.97. The molecule has 0 aromatic heterocycles. The van der Waals surface area contributed by atoms with Gasteiger partial charge in [-0.1, -0.05) is 62.4 Å². The van der Waals surface area contributed by atoms with Crippen molar-refractivity contribution in [3.8, 4) is 0 Å². The van der Waals surface area contributed by atoms with E-state index in [0.717, 1.165) is 17.8 Å². The normalized spacial score (nSPS) is 11.0. The lowest BCUT2D eigenvalue weighted by atomic mass is 9.98. The van der Waals surface area contributed by atoms with Crippen LogP contribution in [0.3, 0.4) is 0 Å². The van der Waals surface area contributed by atoms with Gasteiger partial charge in [0.2, 0.25) is 5.91 Å². The van der Waals surface area contributed by atoms with Crippen LogP contribution in [0.5, 0.6) is 0 Å². The van der Waals surface area contributed by atoms with Crippen molar-refractivity contribution in [1.29, 1.82) is 0 Å². The largest absolute Gasteiger partial charge is 0.324 e. The zero-order valence-corrected chi connectivity index (χ0v) is 14.5. The topological polar surface area (TPSA) is 32.3 Å². The Morgan fingerprint density at radius 2 is 1.78 bits per heavy atom. The molecule has 0 heterocycles. The number of nitrogens with zero attached hydrogens (tertiary/aromatic N) is 1. The van der Waals surface area contributed by atoms with Gasteiger partial charge in [0, 0.05) is 12.2 Å². The Morgan fingerprint density at radius 1 is 1.09 bits per heavy atom. The SMILES string of the molecule is Cc1cccc(C(C)C)c1NC(=O)CN(C)Cc1ccccc1. The van der Waals surface area contributed by atoms with Crippen LogP contribution in [0.4, 0.5) is 5.69 Å². The lowest BCUT2D eigenvalue weighted by Crippen LogP contribution is -2.30. The first-order valence-corrected chi connectivity index (χ1v) is 8.09. The molecule has 0 atom stereocenters. The van der Waals surface area contributed by atoms with Gasteiger partial charge in [0.25, 0.3) is 0 Å². The Balaban J connectivity index is 2.00. The summed E-state index contributed by atoms with van der Waals surface area (Å²) in [6.07, 6.45) is 0. The van der Waals surface area contributed by atoms with E-state index in [2.05, 4.69) is 37.4 Å². The smallest absolute Gasteiger partial charge is 0.238 e. The van der Waals surface area contributed by atoms with E-state index in [4.69, 9.17) is 0 Å². The van der Waals surface area contributed by atoms with Crippen LogP contribution in [-0.4, -0.2) is 24.4 Å². The van der Waals surface area contributed by atoms with Gasteiger partial charge in [0.05, 0.1) is 6.54 Å². The summed E-state index contributed by atoms with van der Waals surface area (Å²) in [5.41, 5.74) is 4.46. The Kier molecular flexibility index (Phi) is 5.94. The molecule has 0 aliphatic rings. The number of carbonyl (C=O) groups excluding carboxylic acids is 1. The third kappa shape index (κ3) is 4.93. The molecule has 0 aliphatic heterocycles. The molecule has 0 spiro atoms. The van der Waals surface area contributed by atoms with Gasteiger partial charge in [0.15, 0.2) is 0 Å². The Morgan fingerprint density at radius 3 is 2.43 bits per heavy atom. The predicted octanol–water partition coefficient (Wildman–Crippen LogP) is 4.19. The van der Waals surface area contributed by atoms with Crippen molar-refractivity contribution in [2.45, 2.75) is 33.2 Å². The molecule has 23 heavy (non-hydrogen) atoms. The molecule has 0 fully saturated rings. The van der Waals surface area contributed by atoms with Crippen molar-refractivity contribution >= 4 is 11.6 Å². The van der Waals surface area contributed by atoms with Crippen LogP contribution in [0.2, 0.25) is 0 Å². The lowest BCUT2D eigenvalue weighted by molar-refractivity contribution is -0.117. The number of nitrogens with one attached hydrogen (secondary N) is 1. The number of para-hydroxylation sites is 1. The fraction of sp³-hybridized carbons (Fsp3) is 0.350. The van der Waals surface area contributed by atoms with Gasteiger partial charge < -0.3 is 5.32 Å². The van der Waals surface area contributed by atoms with E-state index >= 15 is 0 Å². The highest BCUT2D eigenvalue weighted by Gasteiger charge is 2.13. The molecule has 3 heteroatoms. The van der Waals surface area contributed by atoms with Gasteiger partial charge in [0.1, 0.15) is 0 Å². The summed E-state index contributed by atoms with van der Waals surface area (Å²) >= 11 is 0. The summed E-state index contributed by atoms with van der Waals surface area (Å²) in [6.45, 7) is 7.47. The third-order valence-electron chi connectivity index (χ3n) is 3.90. The Bertz CT molecular complexity index is 650. The van der Waals surface area contributed by atoms with Crippen molar-refractivity contribution in [2.24, 2.45) is 0 Å². The maximum absolute atomic E-state index is 12.4. The van der Waals surface area contributed by atoms with Crippen LogP contribution in [0.15, 0.2) is 48.5 Å². The van der Waals surface area contributed by atoms with Gasteiger partial charge in [-0.3, -0.25) is 9.69 Å². The highest BCUT2D eigenvalue weighted by molar-refractivity contribution is 5.93. The Hall–Kier alpha value is -2.13. The summed E-state index contributed by atoms with van der Waals surface area (Å²) in [6, 6.07) is 16.4. The minimum Gasteiger partial charge on any atom is -0.324 e. The fourth-order valence-corrected chi connectivity index (χ4v) is 2.72.